The Morgan fingerprint density at radius 1 is 1.00 bits per heavy atom. The quantitative estimate of drug-likeness (QED) is 0.371. The van der Waals surface area contributed by atoms with E-state index in [2.05, 4.69) is 54.6 Å². The maximum absolute atomic E-state index is 14.2. The van der Waals surface area contributed by atoms with Crippen LogP contribution in [0.25, 0.3) is 11.1 Å². The Bertz CT molecular complexity index is 1290. The molecule has 0 spiro atoms. The second kappa shape index (κ2) is 9.45. The number of ether oxygens (including phenoxy) is 2. The second-order valence-corrected chi connectivity index (χ2v) is 10.0. The summed E-state index contributed by atoms with van der Waals surface area (Å²) in [6, 6.07) is 22.1. The number of benzene rings is 3. The zero-order valence-electron chi connectivity index (χ0n) is 20.5. The third-order valence-electron chi connectivity index (χ3n) is 7.91. The first-order chi connectivity index (χ1) is 17.6. The summed E-state index contributed by atoms with van der Waals surface area (Å²) in [7, 11) is 1.47. The molecule has 3 aliphatic rings. The molecule has 2 bridgehead atoms. The topological polar surface area (TPSA) is 38.8 Å². The van der Waals surface area contributed by atoms with Crippen molar-refractivity contribution in [1.29, 1.82) is 0 Å². The standard InChI is InChI=1S/C31H30FNO3/c1-35-30-14-13-20(18-29(30)32)15-21-16-22-7-6-8-23(17-21)33(22)31(34)36-19-28-26-11-4-2-9-24(26)25-10-3-5-12-27(25)28/h2-5,9-14,16,18,22-23,28H,6-8,15,17,19H2,1H3. The van der Waals surface area contributed by atoms with Crippen molar-refractivity contribution in [2.45, 2.75) is 50.1 Å². The van der Waals surface area contributed by atoms with Gasteiger partial charge >= 0.3 is 6.09 Å². The van der Waals surface area contributed by atoms with Gasteiger partial charge in [0.05, 0.1) is 13.2 Å². The maximum atomic E-state index is 14.2. The molecule has 2 heterocycles. The smallest absolute Gasteiger partial charge is 0.410 e. The lowest BCUT2D eigenvalue weighted by Gasteiger charge is -2.44. The van der Waals surface area contributed by atoms with E-state index in [-0.39, 0.29) is 35.7 Å². The van der Waals surface area contributed by atoms with Crippen LogP contribution >= 0.6 is 0 Å². The fraction of sp³-hybridized carbons (Fsp3) is 0.323. The van der Waals surface area contributed by atoms with E-state index in [4.69, 9.17) is 9.47 Å². The van der Waals surface area contributed by atoms with Gasteiger partial charge in [0, 0.05) is 12.0 Å². The Kier molecular flexibility index (Phi) is 6.00. The largest absolute Gasteiger partial charge is 0.494 e. The molecule has 1 amide bonds. The van der Waals surface area contributed by atoms with Crippen molar-refractivity contribution in [1.82, 2.24) is 4.90 Å². The highest BCUT2D eigenvalue weighted by Gasteiger charge is 2.38. The number of rotatable bonds is 5. The van der Waals surface area contributed by atoms with Crippen LogP contribution in [0.3, 0.4) is 0 Å². The minimum absolute atomic E-state index is 0.0336. The van der Waals surface area contributed by atoms with Gasteiger partial charge < -0.3 is 9.47 Å². The molecule has 0 saturated carbocycles. The van der Waals surface area contributed by atoms with E-state index in [1.807, 2.05) is 11.0 Å². The van der Waals surface area contributed by atoms with Crippen LogP contribution < -0.4 is 4.74 Å². The van der Waals surface area contributed by atoms with E-state index in [1.54, 1.807) is 12.1 Å². The van der Waals surface area contributed by atoms with Crippen LogP contribution in [0.1, 0.15) is 48.3 Å². The summed E-state index contributed by atoms with van der Waals surface area (Å²) in [5.74, 6) is -0.0245. The molecule has 3 aromatic carbocycles. The molecule has 3 aromatic rings. The third-order valence-corrected chi connectivity index (χ3v) is 7.91. The second-order valence-electron chi connectivity index (χ2n) is 10.0. The average molecular weight is 484 g/mol. The number of nitrogens with zero attached hydrogens (tertiary/aromatic N) is 1. The Balaban J connectivity index is 1.17. The molecule has 2 unspecified atom stereocenters. The Labute approximate surface area is 211 Å². The van der Waals surface area contributed by atoms with Crippen LogP contribution in [-0.4, -0.2) is 36.8 Å². The predicted octanol–water partition coefficient (Wildman–Crippen LogP) is 6.88. The van der Waals surface area contributed by atoms with E-state index >= 15 is 0 Å². The van der Waals surface area contributed by atoms with Gasteiger partial charge in [-0.1, -0.05) is 66.2 Å². The molecule has 1 aliphatic carbocycles. The average Bonchev–Trinajstić information content (AvgIpc) is 3.20. The molecule has 184 valence electrons. The number of carbonyl (C=O) groups excluding carboxylic acids is 1. The minimum Gasteiger partial charge on any atom is -0.494 e. The van der Waals surface area contributed by atoms with Gasteiger partial charge in [0.15, 0.2) is 11.6 Å². The number of hydrogen-bond donors (Lipinski definition) is 0. The van der Waals surface area contributed by atoms with E-state index in [9.17, 15) is 9.18 Å². The zero-order chi connectivity index (χ0) is 24.6. The van der Waals surface area contributed by atoms with Gasteiger partial charge in [-0.05, 0) is 72.1 Å². The first kappa shape index (κ1) is 22.8. The molecule has 6 rings (SSSR count). The van der Waals surface area contributed by atoms with Crippen molar-refractivity contribution in [3.8, 4) is 16.9 Å². The predicted molar refractivity (Wildman–Crippen MR) is 138 cm³/mol. The summed E-state index contributed by atoms with van der Waals surface area (Å²) in [5.41, 5.74) is 7.08. The Morgan fingerprint density at radius 3 is 2.39 bits per heavy atom. The number of halogens is 1. The minimum atomic E-state index is -0.341. The molecule has 5 heteroatoms. The zero-order valence-corrected chi connectivity index (χ0v) is 20.5. The maximum Gasteiger partial charge on any atom is 0.410 e. The normalized spacial score (nSPS) is 20.4. The molecule has 4 nitrogen and oxygen atoms in total. The van der Waals surface area contributed by atoms with Crippen molar-refractivity contribution in [3.63, 3.8) is 0 Å². The lowest BCUT2D eigenvalue weighted by atomic mass is 9.83. The highest BCUT2D eigenvalue weighted by Crippen LogP contribution is 2.45. The van der Waals surface area contributed by atoms with E-state index in [0.29, 0.717) is 13.0 Å². The van der Waals surface area contributed by atoms with Gasteiger partial charge in [-0.2, -0.15) is 0 Å². The number of hydrogen-bond acceptors (Lipinski definition) is 3. The summed E-state index contributed by atoms with van der Waals surface area (Å²) in [5, 5.41) is 0. The van der Waals surface area contributed by atoms with Gasteiger partial charge in [-0.3, -0.25) is 4.90 Å². The van der Waals surface area contributed by atoms with E-state index < -0.39 is 0 Å². The molecule has 2 atom stereocenters. The first-order valence-corrected chi connectivity index (χ1v) is 12.8. The van der Waals surface area contributed by atoms with Gasteiger partial charge in [0.1, 0.15) is 6.61 Å². The molecule has 1 saturated heterocycles. The number of amides is 1. The molecule has 2 aliphatic heterocycles. The number of methoxy groups -OCH3 is 1. The molecule has 0 radical (unpaired) electrons. The van der Waals surface area contributed by atoms with Gasteiger partial charge in [-0.15, -0.1) is 0 Å². The number of fused-ring (bicyclic) bond motifs is 5. The monoisotopic (exact) mass is 483 g/mol. The van der Waals surface area contributed by atoms with Crippen molar-refractivity contribution < 1.29 is 18.7 Å². The Hall–Kier alpha value is -3.60. The van der Waals surface area contributed by atoms with E-state index in [1.165, 1.54) is 34.9 Å². The summed E-state index contributed by atoms with van der Waals surface area (Å²) >= 11 is 0. The highest BCUT2D eigenvalue weighted by atomic mass is 19.1. The first-order valence-electron chi connectivity index (χ1n) is 12.8. The Morgan fingerprint density at radius 2 is 1.72 bits per heavy atom. The fourth-order valence-corrected chi connectivity index (χ4v) is 6.28. The van der Waals surface area contributed by atoms with Crippen LogP contribution in [0.4, 0.5) is 9.18 Å². The van der Waals surface area contributed by atoms with Crippen molar-refractivity contribution >= 4 is 6.09 Å². The highest BCUT2D eigenvalue weighted by molar-refractivity contribution is 5.79. The summed E-state index contributed by atoms with van der Waals surface area (Å²) in [4.78, 5) is 15.3. The van der Waals surface area contributed by atoms with Crippen LogP contribution in [0.2, 0.25) is 0 Å². The summed E-state index contributed by atoms with van der Waals surface area (Å²) in [6.07, 6.45) is 6.47. The number of piperidine rings is 1. The molecule has 0 aromatic heterocycles. The van der Waals surface area contributed by atoms with Crippen LogP contribution in [0, 0.1) is 5.82 Å². The molecule has 36 heavy (non-hydrogen) atoms. The lowest BCUT2D eigenvalue weighted by molar-refractivity contribution is 0.0509. The molecular formula is C31H30FNO3. The summed E-state index contributed by atoms with van der Waals surface area (Å²) < 4.78 is 25.2. The van der Waals surface area contributed by atoms with Crippen LogP contribution in [-0.2, 0) is 11.2 Å². The van der Waals surface area contributed by atoms with Crippen LogP contribution in [0.15, 0.2) is 78.4 Å². The summed E-state index contributed by atoms with van der Waals surface area (Å²) in [6.45, 7) is 0.338. The van der Waals surface area contributed by atoms with Crippen molar-refractivity contribution in [2.24, 2.45) is 0 Å². The molecule has 1 fully saturated rings. The fourth-order valence-electron chi connectivity index (χ4n) is 6.28. The van der Waals surface area contributed by atoms with Crippen molar-refractivity contribution in [2.75, 3.05) is 13.7 Å². The number of carbonyl (C=O) groups is 1. The third kappa shape index (κ3) is 4.06. The van der Waals surface area contributed by atoms with Gasteiger partial charge in [0.25, 0.3) is 0 Å². The van der Waals surface area contributed by atoms with Gasteiger partial charge in [-0.25, -0.2) is 9.18 Å². The lowest BCUT2D eigenvalue weighted by Crippen LogP contribution is -2.52. The molecular weight excluding hydrogens is 453 g/mol. The van der Waals surface area contributed by atoms with Gasteiger partial charge in [0.2, 0.25) is 0 Å². The van der Waals surface area contributed by atoms with Crippen LogP contribution in [0.5, 0.6) is 5.75 Å². The molecule has 0 N–H and O–H groups in total. The van der Waals surface area contributed by atoms with E-state index in [0.717, 1.165) is 31.2 Å². The SMILES string of the molecule is COc1ccc(CC2=CC3CCCC(C2)N3C(=O)OCC2c3ccccc3-c3ccccc32)cc1F. The van der Waals surface area contributed by atoms with Crippen molar-refractivity contribution in [3.05, 3.63) is 101 Å².